The van der Waals surface area contributed by atoms with E-state index in [4.69, 9.17) is 14.2 Å². The highest BCUT2D eigenvalue weighted by atomic mass is 16.5. The topological polar surface area (TPSA) is 78.9 Å². The minimum absolute atomic E-state index is 0.260. The summed E-state index contributed by atoms with van der Waals surface area (Å²) in [7, 11) is 0. The summed E-state index contributed by atoms with van der Waals surface area (Å²) in [6.45, 7) is 0. The summed E-state index contributed by atoms with van der Waals surface area (Å²) < 4.78 is 16.6. The Morgan fingerprint density at radius 1 is 0.587 bits per heavy atom. The summed E-state index contributed by atoms with van der Waals surface area (Å²) in [6.07, 6.45) is 5.74. The van der Waals surface area contributed by atoms with Crippen LogP contribution in [0.5, 0.6) is 17.2 Å². The third kappa shape index (κ3) is 9.12. The molecule has 0 saturated heterocycles. The lowest BCUT2D eigenvalue weighted by Gasteiger charge is -2.25. The van der Waals surface area contributed by atoms with Gasteiger partial charge in [-0.15, -0.1) is 0 Å². The number of carbonyl (C=O) groups excluding carboxylic acids is 3. The van der Waals surface area contributed by atoms with Gasteiger partial charge in [0.05, 0.1) is 17.9 Å². The highest BCUT2D eigenvalue weighted by Crippen LogP contribution is 2.32. The van der Waals surface area contributed by atoms with Crippen LogP contribution in [0.15, 0.2) is 109 Å². The quantitative estimate of drug-likeness (QED) is 0.104. The molecule has 1 saturated carbocycles. The van der Waals surface area contributed by atoms with E-state index in [1.54, 1.807) is 42.3 Å². The van der Waals surface area contributed by atoms with Gasteiger partial charge in [-0.3, -0.25) is 9.59 Å². The second-order valence-corrected chi connectivity index (χ2v) is 10.4. The monoisotopic (exact) mass is 604 g/mol. The molecule has 224 valence electrons. The Morgan fingerprint density at radius 2 is 1.07 bits per heavy atom. The van der Waals surface area contributed by atoms with Crippen LogP contribution in [-0.2, 0) is 14.4 Å². The molecule has 0 unspecified atom stereocenters. The Balaban J connectivity index is 1.06. The molecule has 46 heavy (non-hydrogen) atoms. The van der Waals surface area contributed by atoms with Gasteiger partial charge in [0.2, 0.25) is 0 Å². The second-order valence-electron chi connectivity index (χ2n) is 10.4. The lowest BCUT2D eigenvalue weighted by Crippen LogP contribution is -2.30. The normalized spacial score (nSPS) is 14.7. The molecule has 0 bridgehead atoms. The number of carbonyl (C=O) groups is 2. The van der Waals surface area contributed by atoms with Gasteiger partial charge >= 0.3 is 11.9 Å². The molecule has 5 rings (SSSR count). The van der Waals surface area contributed by atoms with Crippen LogP contribution in [0, 0.1) is 47.5 Å². The first-order chi connectivity index (χ1) is 22.6. The van der Waals surface area contributed by atoms with Gasteiger partial charge in [0.1, 0.15) is 29.3 Å². The van der Waals surface area contributed by atoms with Crippen molar-refractivity contribution in [3.05, 3.63) is 120 Å². The molecule has 6 heteroatoms. The van der Waals surface area contributed by atoms with Crippen LogP contribution < -0.4 is 14.2 Å². The van der Waals surface area contributed by atoms with Crippen molar-refractivity contribution in [2.75, 3.05) is 0 Å². The number of ether oxygens (including phenoxy) is 3. The molecule has 0 aromatic heterocycles. The summed E-state index contributed by atoms with van der Waals surface area (Å²) in [5.41, 5.74) is 3.66. The number of allylic oxidation sites excluding steroid dienone is 1. The lowest BCUT2D eigenvalue weighted by atomic mass is 9.82. The van der Waals surface area contributed by atoms with E-state index in [0.29, 0.717) is 42.9 Å². The Morgan fingerprint density at radius 3 is 1.59 bits per heavy atom. The van der Waals surface area contributed by atoms with Crippen LogP contribution in [0.3, 0.4) is 0 Å². The van der Waals surface area contributed by atoms with Crippen molar-refractivity contribution in [3.8, 4) is 64.1 Å². The van der Waals surface area contributed by atoms with Crippen molar-refractivity contribution in [2.45, 2.75) is 25.7 Å². The fraction of sp³-hybridized carbons (Fsp3) is 0.150. The number of hydrogen-bond donors (Lipinski definition) is 0. The van der Waals surface area contributed by atoms with Gasteiger partial charge in [0.15, 0.2) is 0 Å². The first-order valence-electron chi connectivity index (χ1n) is 14.7. The molecule has 0 aliphatic heterocycles. The Bertz CT molecular complexity index is 1890. The SMILES string of the molecule is O=C=CC#CC#COc1ccc(-c2ccc(OC(=O)C3CCC(C(=O)Oc4ccc(C#Cc5ccccc5)cc4)CC3)cc2)cc1. The Labute approximate surface area is 268 Å². The third-order valence-corrected chi connectivity index (χ3v) is 7.34. The maximum Gasteiger partial charge on any atom is 0.314 e. The van der Waals surface area contributed by atoms with Gasteiger partial charge < -0.3 is 14.2 Å². The molecule has 4 aromatic carbocycles. The average molecular weight is 605 g/mol. The Hall–Kier alpha value is -6.25. The summed E-state index contributed by atoms with van der Waals surface area (Å²) in [6, 6.07) is 31.5. The van der Waals surface area contributed by atoms with Crippen molar-refractivity contribution < 1.29 is 28.6 Å². The smallest absolute Gasteiger partial charge is 0.314 e. The van der Waals surface area contributed by atoms with Crippen molar-refractivity contribution >= 4 is 17.9 Å². The maximum atomic E-state index is 12.9. The summed E-state index contributed by atoms with van der Waals surface area (Å²) in [4.78, 5) is 35.7. The Kier molecular flexibility index (Phi) is 10.8. The molecular formula is C40H28O6. The van der Waals surface area contributed by atoms with Crippen molar-refractivity contribution in [2.24, 2.45) is 11.8 Å². The van der Waals surface area contributed by atoms with Gasteiger partial charge in [-0.2, -0.15) is 0 Å². The molecular weight excluding hydrogens is 576 g/mol. The van der Waals surface area contributed by atoms with E-state index in [1.807, 2.05) is 66.7 Å². The van der Waals surface area contributed by atoms with Crippen molar-refractivity contribution in [3.63, 3.8) is 0 Å². The molecule has 6 nitrogen and oxygen atoms in total. The van der Waals surface area contributed by atoms with Crippen LogP contribution in [0.25, 0.3) is 11.1 Å². The van der Waals surface area contributed by atoms with E-state index >= 15 is 0 Å². The van der Waals surface area contributed by atoms with Crippen LogP contribution in [0.2, 0.25) is 0 Å². The first-order valence-corrected chi connectivity index (χ1v) is 14.7. The van der Waals surface area contributed by atoms with Gasteiger partial charge in [-0.1, -0.05) is 54.3 Å². The molecule has 0 radical (unpaired) electrons. The van der Waals surface area contributed by atoms with Crippen molar-refractivity contribution in [1.82, 2.24) is 0 Å². The van der Waals surface area contributed by atoms with Crippen molar-refractivity contribution in [1.29, 1.82) is 0 Å². The standard InChI is InChI=1S/C40H28O6/c41-28-6-1-2-7-29-44-36-24-18-32(19-25-36)33-20-26-38(27-21-33)46-40(43)35-16-14-34(15-17-35)39(42)45-37-22-12-31(13-23-37)11-10-30-8-4-3-5-9-30/h3-6,8-9,12-13,18-27,34-35H,14-17H2. The molecule has 0 amide bonds. The first kappa shape index (κ1) is 31.2. The zero-order valence-corrected chi connectivity index (χ0v) is 24.8. The van der Waals surface area contributed by atoms with E-state index in [9.17, 15) is 14.4 Å². The molecule has 4 aromatic rings. The van der Waals surface area contributed by atoms with Gasteiger partial charge in [-0.25, -0.2) is 4.79 Å². The molecule has 1 aliphatic carbocycles. The van der Waals surface area contributed by atoms with Gasteiger partial charge in [0, 0.05) is 17.0 Å². The molecule has 0 atom stereocenters. The minimum atomic E-state index is -0.291. The molecule has 1 fully saturated rings. The van der Waals surface area contributed by atoms with E-state index in [0.717, 1.165) is 28.3 Å². The predicted molar refractivity (Wildman–Crippen MR) is 174 cm³/mol. The fourth-order valence-electron chi connectivity index (χ4n) is 4.88. The van der Waals surface area contributed by atoms with Gasteiger partial charge in [0.25, 0.3) is 0 Å². The largest absolute Gasteiger partial charge is 0.426 e. The average Bonchev–Trinajstić information content (AvgIpc) is 3.10. The number of hydrogen-bond acceptors (Lipinski definition) is 6. The highest BCUT2D eigenvalue weighted by molar-refractivity contribution is 5.78. The predicted octanol–water partition coefficient (Wildman–Crippen LogP) is 6.80. The summed E-state index contributed by atoms with van der Waals surface area (Å²) in [5.74, 6) is 15.5. The minimum Gasteiger partial charge on any atom is -0.426 e. The van der Waals surface area contributed by atoms with Crippen LogP contribution in [0.4, 0.5) is 0 Å². The van der Waals surface area contributed by atoms with E-state index in [2.05, 4.69) is 35.7 Å². The second kappa shape index (κ2) is 16.0. The summed E-state index contributed by atoms with van der Waals surface area (Å²) in [5, 5.41) is 0. The molecule has 0 spiro atoms. The zero-order chi connectivity index (χ0) is 32.0. The van der Waals surface area contributed by atoms with E-state index in [1.165, 1.54) is 0 Å². The van der Waals surface area contributed by atoms with Crippen LogP contribution in [-0.4, -0.2) is 17.9 Å². The zero-order valence-electron chi connectivity index (χ0n) is 24.8. The molecule has 0 N–H and O–H groups in total. The fourth-order valence-corrected chi connectivity index (χ4v) is 4.88. The highest BCUT2D eigenvalue weighted by Gasteiger charge is 2.32. The molecule has 1 aliphatic rings. The van der Waals surface area contributed by atoms with Crippen LogP contribution in [0.1, 0.15) is 36.8 Å². The lowest BCUT2D eigenvalue weighted by molar-refractivity contribution is -0.145. The van der Waals surface area contributed by atoms with E-state index < -0.39 is 0 Å². The number of rotatable bonds is 6. The van der Waals surface area contributed by atoms with Gasteiger partial charge in [-0.05, 0) is 109 Å². The number of esters is 2. The summed E-state index contributed by atoms with van der Waals surface area (Å²) >= 11 is 0. The number of benzene rings is 4. The molecule has 0 heterocycles. The maximum absolute atomic E-state index is 12.9. The van der Waals surface area contributed by atoms with E-state index in [-0.39, 0.29) is 23.8 Å². The van der Waals surface area contributed by atoms with Crippen LogP contribution >= 0.6 is 0 Å². The third-order valence-electron chi connectivity index (χ3n) is 7.34.